The highest BCUT2D eigenvalue weighted by atomic mass is 16.4. The molecule has 0 heterocycles. The van der Waals surface area contributed by atoms with E-state index >= 15 is 0 Å². The van der Waals surface area contributed by atoms with Crippen molar-refractivity contribution in [2.24, 2.45) is 16.5 Å². The molecule has 1 atom stereocenters. The average Bonchev–Trinajstić information content (AvgIpc) is 2.14. The molecular formula is C11H21N3O2. The Morgan fingerprint density at radius 3 is 2.50 bits per heavy atom. The number of hydrogen-bond donors (Lipinski definition) is 3. The minimum absolute atomic E-state index is 0.413. The van der Waals surface area contributed by atoms with Gasteiger partial charge in [0.2, 0.25) is 0 Å². The average molecular weight is 227 g/mol. The van der Waals surface area contributed by atoms with Crippen molar-refractivity contribution in [3.05, 3.63) is 11.6 Å². The summed E-state index contributed by atoms with van der Waals surface area (Å²) < 4.78 is 0. The standard InChI is InChI=1S/C11H21N3O2/c1-8(5-7-14-9(2)12)4-6-11(3,13)10(15)16/h5H,4,6-7,13H2,1-3H3,(H2,12,14)(H,15,16). The van der Waals surface area contributed by atoms with E-state index in [4.69, 9.17) is 16.6 Å². The van der Waals surface area contributed by atoms with Gasteiger partial charge in [0, 0.05) is 0 Å². The summed E-state index contributed by atoms with van der Waals surface area (Å²) in [6, 6.07) is 0. The number of carboxylic acid groups (broad SMARTS) is 1. The topological polar surface area (TPSA) is 102 Å². The molecule has 5 N–H and O–H groups in total. The van der Waals surface area contributed by atoms with Gasteiger partial charge in [0.25, 0.3) is 0 Å². The Kier molecular flexibility index (Phi) is 5.74. The highest BCUT2D eigenvalue weighted by Gasteiger charge is 2.26. The normalized spacial score (nSPS) is 17.0. The Hall–Kier alpha value is -1.36. The van der Waals surface area contributed by atoms with E-state index in [1.165, 1.54) is 6.92 Å². The minimum Gasteiger partial charge on any atom is -0.480 e. The second kappa shape index (κ2) is 6.27. The number of amidine groups is 1. The van der Waals surface area contributed by atoms with Crippen molar-refractivity contribution in [1.82, 2.24) is 0 Å². The van der Waals surface area contributed by atoms with Gasteiger partial charge in [0.05, 0.1) is 12.4 Å². The van der Waals surface area contributed by atoms with Gasteiger partial charge in [-0.15, -0.1) is 0 Å². The Bertz CT molecular complexity index is 302. The quantitative estimate of drug-likeness (QED) is 0.356. The smallest absolute Gasteiger partial charge is 0.323 e. The summed E-state index contributed by atoms with van der Waals surface area (Å²) in [4.78, 5) is 14.8. The van der Waals surface area contributed by atoms with Gasteiger partial charge in [-0.05, 0) is 33.6 Å². The van der Waals surface area contributed by atoms with Crippen molar-refractivity contribution in [2.45, 2.75) is 39.2 Å². The van der Waals surface area contributed by atoms with Crippen LogP contribution in [0.5, 0.6) is 0 Å². The summed E-state index contributed by atoms with van der Waals surface area (Å²) in [5, 5.41) is 8.82. The zero-order chi connectivity index (χ0) is 12.8. The third-order valence-electron chi connectivity index (χ3n) is 2.31. The molecule has 0 spiro atoms. The van der Waals surface area contributed by atoms with Crippen molar-refractivity contribution < 1.29 is 9.90 Å². The van der Waals surface area contributed by atoms with Gasteiger partial charge in [-0.2, -0.15) is 0 Å². The number of allylic oxidation sites excluding steroid dienone is 1. The molecular weight excluding hydrogens is 206 g/mol. The number of hydrogen-bond acceptors (Lipinski definition) is 3. The summed E-state index contributed by atoms with van der Waals surface area (Å²) in [6.07, 6.45) is 2.99. The molecule has 0 aromatic carbocycles. The molecule has 0 rings (SSSR count). The fourth-order valence-corrected chi connectivity index (χ4v) is 1.01. The van der Waals surface area contributed by atoms with Crippen LogP contribution in [-0.2, 0) is 4.79 Å². The highest BCUT2D eigenvalue weighted by molar-refractivity contribution is 5.78. The van der Waals surface area contributed by atoms with E-state index in [9.17, 15) is 4.79 Å². The second-order valence-electron chi connectivity index (χ2n) is 4.26. The number of carboxylic acids is 1. The molecule has 1 unspecified atom stereocenters. The van der Waals surface area contributed by atoms with Crippen LogP contribution < -0.4 is 11.5 Å². The largest absolute Gasteiger partial charge is 0.480 e. The lowest BCUT2D eigenvalue weighted by Gasteiger charge is -2.18. The predicted octanol–water partition coefficient (Wildman–Crippen LogP) is 0.892. The fraction of sp³-hybridized carbons (Fsp3) is 0.636. The van der Waals surface area contributed by atoms with E-state index < -0.39 is 11.5 Å². The number of aliphatic imine (C=N–C) groups is 1. The van der Waals surface area contributed by atoms with Gasteiger partial charge < -0.3 is 16.6 Å². The molecule has 16 heavy (non-hydrogen) atoms. The molecule has 0 radical (unpaired) electrons. The van der Waals surface area contributed by atoms with Crippen molar-refractivity contribution in [2.75, 3.05) is 6.54 Å². The van der Waals surface area contributed by atoms with Crippen LogP contribution in [0.2, 0.25) is 0 Å². The first kappa shape index (κ1) is 14.6. The van der Waals surface area contributed by atoms with Gasteiger partial charge in [-0.1, -0.05) is 11.6 Å². The van der Waals surface area contributed by atoms with Crippen LogP contribution in [0.4, 0.5) is 0 Å². The van der Waals surface area contributed by atoms with Crippen molar-refractivity contribution in [3.8, 4) is 0 Å². The van der Waals surface area contributed by atoms with Crippen LogP contribution in [0, 0.1) is 0 Å². The lowest BCUT2D eigenvalue weighted by Crippen LogP contribution is -2.44. The lowest BCUT2D eigenvalue weighted by molar-refractivity contribution is -0.142. The maximum absolute atomic E-state index is 10.8. The molecule has 0 aliphatic carbocycles. The van der Waals surface area contributed by atoms with Gasteiger partial charge in [-0.3, -0.25) is 9.79 Å². The van der Waals surface area contributed by atoms with E-state index in [2.05, 4.69) is 4.99 Å². The number of nitrogens with zero attached hydrogens (tertiary/aromatic N) is 1. The van der Waals surface area contributed by atoms with Crippen LogP contribution in [0.1, 0.15) is 33.6 Å². The van der Waals surface area contributed by atoms with Crippen LogP contribution in [0.15, 0.2) is 16.6 Å². The molecule has 0 aliphatic rings. The molecule has 5 heteroatoms. The number of rotatable bonds is 6. The SMILES string of the molecule is CC(=CCN=C(C)N)CCC(C)(N)C(=O)O. The molecule has 0 saturated heterocycles. The fourth-order valence-electron chi connectivity index (χ4n) is 1.01. The van der Waals surface area contributed by atoms with Crippen molar-refractivity contribution in [3.63, 3.8) is 0 Å². The summed E-state index contributed by atoms with van der Waals surface area (Å²) in [5.41, 5.74) is 10.9. The summed E-state index contributed by atoms with van der Waals surface area (Å²) in [7, 11) is 0. The van der Waals surface area contributed by atoms with Gasteiger partial charge >= 0.3 is 5.97 Å². The van der Waals surface area contributed by atoms with Gasteiger partial charge in [0.1, 0.15) is 5.54 Å². The van der Waals surface area contributed by atoms with Crippen LogP contribution in [0.25, 0.3) is 0 Å². The molecule has 0 fully saturated rings. The second-order valence-corrected chi connectivity index (χ2v) is 4.26. The molecule has 0 bridgehead atoms. The van der Waals surface area contributed by atoms with E-state index in [0.29, 0.717) is 25.2 Å². The molecule has 0 amide bonds. The first-order valence-corrected chi connectivity index (χ1v) is 5.20. The monoisotopic (exact) mass is 227 g/mol. The zero-order valence-electron chi connectivity index (χ0n) is 10.2. The maximum atomic E-state index is 10.8. The number of nitrogens with two attached hydrogens (primary N) is 2. The van der Waals surface area contributed by atoms with Gasteiger partial charge in [0.15, 0.2) is 0 Å². The van der Waals surface area contributed by atoms with Crippen LogP contribution >= 0.6 is 0 Å². The molecule has 92 valence electrons. The van der Waals surface area contributed by atoms with E-state index in [0.717, 1.165) is 5.57 Å². The Labute approximate surface area is 96.2 Å². The predicted molar refractivity (Wildman–Crippen MR) is 65.4 cm³/mol. The summed E-state index contributed by atoms with van der Waals surface area (Å²) in [6.45, 7) is 5.71. The van der Waals surface area contributed by atoms with Crippen molar-refractivity contribution >= 4 is 11.8 Å². The first-order chi connectivity index (χ1) is 7.25. The van der Waals surface area contributed by atoms with E-state index in [-0.39, 0.29) is 0 Å². The lowest BCUT2D eigenvalue weighted by atomic mass is 9.95. The Balaban J connectivity index is 4.12. The van der Waals surface area contributed by atoms with Crippen LogP contribution in [0.3, 0.4) is 0 Å². The molecule has 0 aromatic heterocycles. The summed E-state index contributed by atoms with van der Waals surface area (Å²) in [5.74, 6) is -0.436. The van der Waals surface area contributed by atoms with Crippen molar-refractivity contribution in [1.29, 1.82) is 0 Å². The molecule has 0 aliphatic heterocycles. The molecule has 0 saturated carbocycles. The third kappa shape index (κ3) is 6.19. The first-order valence-electron chi connectivity index (χ1n) is 5.20. The maximum Gasteiger partial charge on any atom is 0.323 e. The van der Waals surface area contributed by atoms with E-state index in [1.807, 2.05) is 13.0 Å². The minimum atomic E-state index is -1.16. The highest BCUT2D eigenvalue weighted by Crippen LogP contribution is 2.13. The summed E-state index contributed by atoms with van der Waals surface area (Å²) >= 11 is 0. The number of carbonyl (C=O) groups is 1. The Morgan fingerprint density at radius 1 is 1.50 bits per heavy atom. The number of aliphatic carboxylic acids is 1. The third-order valence-corrected chi connectivity index (χ3v) is 2.31. The van der Waals surface area contributed by atoms with E-state index in [1.54, 1.807) is 6.92 Å². The Morgan fingerprint density at radius 2 is 2.06 bits per heavy atom. The van der Waals surface area contributed by atoms with Crippen LogP contribution in [-0.4, -0.2) is 29.0 Å². The molecule has 0 aromatic rings. The zero-order valence-corrected chi connectivity index (χ0v) is 10.2. The molecule has 5 nitrogen and oxygen atoms in total. The van der Waals surface area contributed by atoms with Gasteiger partial charge in [-0.25, -0.2) is 0 Å².